The monoisotopic (exact) mass is 380 g/mol. The van der Waals surface area contributed by atoms with Gasteiger partial charge in [0.25, 0.3) is 0 Å². The lowest BCUT2D eigenvalue weighted by Gasteiger charge is -2.15. The van der Waals surface area contributed by atoms with E-state index in [4.69, 9.17) is 5.26 Å². The summed E-state index contributed by atoms with van der Waals surface area (Å²) in [6.07, 6.45) is 1.70. The molecule has 27 heavy (non-hydrogen) atoms. The van der Waals surface area contributed by atoms with Gasteiger partial charge in [0, 0.05) is 31.8 Å². The number of benzene rings is 2. The van der Waals surface area contributed by atoms with Gasteiger partial charge in [0.1, 0.15) is 10.6 Å². The molecule has 0 unspecified atom stereocenters. The van der Waals surface area contributed by atoms with Crippen LogP contribution in [0.4, 0.5) is 0 Å². The molecule has 2 aromatic carbocycles. The van der Waals surface area contributed by atoms with Gasteiger partial charge in [-0.25, -0.2) is 8.42 Å². The molecule has 0 aliphatic carbocycles. The maximum absolute atomic E-state index is 13.1. The third-order valence-electron chi connectivity index (χ3n) is 4.19. The first-order valence-corrected chi connectivity index (χ1v) is 9.96. The van der Waals surface area contributed by atoms with Crippen molar-refractivity contribution >= 4 is 10.0 Å². The molecule has 0 radical (unpaired) electrons. The zero-order valence-corrected chi connectivity index (χ0v) is 15.8. The second kappa shape index (κ2) is 8.16. The molecule has 6 nitrogen and oxygen atoms in total. The number of nitriles is 1. The van der Waals surface area contributed by atoms with Gasteiger partial charge in [-0.1, -0.05) is 60.7 Å². The lowest BCUT2D eigenvalue weighted by atomic mass is 10.2. The van der Waals surface area contributed by atoms with E-state index in [9.17, 15) is 8.42 Å². The van der Waals surface area contributed by atoms with Crippen molar-refractivity contribution in [1.29, 1.82) is 5.26 Å². The highest BCUT2D eigenvalue weighted by atomic mass is 32.2. The minimum absolute atomic E-state index is 0.133. The predicted octanol–water partition coefficient (Wildman–Crippen LogP) is 3.13. The number of nitrogens with zero attached hydrogens (tertiary/aromatic N) is 4. The molecular weight excluding hydrogens is 360 g/mol. The summed E-state index contributed by atoms with van der Waals surface area (Å²) in [7, 11) is -2.28. The van der Waals surface area contributed by atoms with E-state index >= 15 is 0 Å². The van der Waals surface area contributed by atoms with Crippen LogP contribution in [-0.2, 0) is 16.6 Å². The van der Waals surface area contributed by atoms with E-state index < -0.39 is 10.0 Å². The smallest absolute Gasteiger partial charge is 0.246 e. The molecule has 0 amide bonds. The first kappa shape index (κ1) is 18.8. The fraction of sp³-hybridized carbons (Fsp3) is 0.200. The van der Waals surface area contributed by atoms with Crippen LogP contribution in [0.2, 0.25) is 0 Å². The second-order valence-electron chi connectivity index (χ2n) is 6.13. The summed E-state index contributed by atoms with van der Waals surface area (Å²) in [5, 5.41) is 13.3. The average molecular weight is 380 g/mol. The van der Waals surface area contributed by atoms with Crippen molar-refractivity contribution in [2.24, 2.45) is 0 Å². The van der Waals surface area contributed by atoms with Crippen molar-refractivity contribution in [3.8, 4) is 17.3 Å². The molecule has 0 aliphatic rings. The van der Waals surface area contributed by atoms with E-state index in [2.05, 4.69) is 5.10 Å². The topological polar surface area (TPSA) is 79.0 Å². The quantitative estimate of drug-likeness (QED) is 0.631. The van der Waals surface area contributed by atoms with Crippen LogP contribution in [0.25, 0.3) is 11.3 Å². The molecule has 3 aromatic rings. The summed E-state index contributed by atoms with van der Waals surface area (Å²) >= 11 is 0. The van der Waals surface area contributed by atoms with Crippen molar-refractivity contribution < 1.29 is 8.42 Å². The minimum atomic E-state index is -3.76. The Bertz CT molecular complexity index is 1040. The van der Waals surface area contributed by atoms with E-state index in [1.165, 1.54) is 11.4 Å². The minimum Gasteiger partial charge on any atom is -0.266 e. The van der Waals surface area contributed by atoms with Crippen LogP contribution >= 0.6 is 0 Å². The molecule has 0 atom stereocenters. The van der Waals surface area contributed by atoms with Gasteiger partial charge < -0.3 is 0 Å². The Morgan fingerprint density at radius 2 is 1.70 bits per heavy atom. The molecule has 0 spiro atoms. The fourth-order valence-corrected chi connectivity index (χ4v) is 4.06. The molecule has 0 bridgehead atoms. The summed E-state index contributed by atoms with van der Waals surface area (Å²) in [4.78, 5) is 0.144. The summed E-state index contributed by atoms with van der Waals surface area (Å²) in [6.45, 7) is 0.606. The second-order valence-corrected chi connectivity index (χ2v) is 8.14. The van der Waals surface area contributed by atoms with E-state index in [0.717, 1.165) is 11.1 Å². The van der Waals surface area contributed by atoms with Gasteiger partial charge >= 0.3 is 0 Å². The van der Waals surface area contributed by atoms with E-state index in [-0.39, 0.29) is 17.9 Å². The molecule has 0 N–H and O–H groups in total. The van der Waals surface area contributed by atoms with E-state index in [0.29, 0.717) is 12.2 Å². The van der Waals surface area contributed by atoms with Crippen LogP contribution in [0, 0.1) is 11.3 Å². The standard InChI is InChI=1S/C20H20N4O2S/c1-23(14-8-13-21)27(25,26)19-16-24(15-17-9-4-2-5-10-17)22-20(19)18-11-6-3-7-12-18/h2-7,9-12,16H,8,14-15H2,1H3. The first-order valence-electron chi connectivity index (χ1n) is 8.52. The Balaban J connectivity index is 2.04. The fourth-order valence-electron chi connectivity index (χ4n) is 2.73. The van der Waals surface area contributed by atoms with Gasteiger partial charge in [0.15, 0.2) is 0 Å². The van der Waals surface area contributed by atoms with E-state index in [1.807, 2.05) is 66.7 Å². The Hall–Kier alpha value is -2.95. The van der Waals surface area contributed by atoms with Gasteiger partial charge in [-0.15, -0.1) is 0 Å². The van der Waals surface area contributed by atoms with Crippen LogP contribution in [-0.4, -0.2) is 36.1 Å². The lowest BCUT2D eigenvalue weighted by molar-refractivity contribution is 0.476. The number of aromatic nitrogens is 2. The highest BCUT2D eigenvalue weighted by molar-refractivity contribution is 7.89. The Labute approximate surface area is 159 Å². The van der Waals surface area contributed by atoms with Crippen LogP contribution in [0.15, 0.2) is 71.8 Å². The molecule has 1 aromatic heterocycles. The van der Waals surface area contributed by atoms with Crippen LogP contribution in [0.3, 0.4) is 0 Å². The number of sulfonamides is 1. The van der Waals surface area contributed by atoms with Gasteiger partial charge in [-0.2, -0.15) is 14.7 Å². The van der Waals surface area contributed by atoms with Gasteiger partial charge in [-0.3, -0.25) is 4.68 Å². The van der Waals surface area contributed by atoms with Crippen LogP contribution < -0.4 is 0 Å². The summed E-state index contributed by atoms with van der Waals surface area (Å²) in [5.41, 5.74) is 2.17. The zero-order valence-electron chi connectivity index (χ0n) is 15.0. The number of hydrogen-bond donors (Lipinski definition) is 0. The predicted molar refractivity (Wildman–Crippen MR) is 103 cm³/mol. The number of hydrogen-bond acceptors (Lipinski definition) is 4. The third kappa shape index (κ3) is 4.25. The normalized spacial score (nSPS) is 11.4. The molecule has 0 saturated carbocycles. The van der Waals surface area contributed by atoms with Gasteiger partial charge in [-0.05, 0) is 5.56 Å². The van der Waals surface area contributed by atoms with Gasteiger partial charge in [0.05, 0.1) is 12.6 Å². The maximum atomic E-state index is 13.1. The Morgan fingerprint density at radius 1 is 1.07 bits per heavy atom. The summed E-state index contributed by atoms with van der Waals surface area (Å²) in [5.74, 6) is 0. The maximum Gasteiger partial charge on any atom is 0.246 e. The molecule has 3 rings (SSSR count). The zero-order chi connectivity index (χ0) is 19.3. The van der Waals surface area contributed by atoms with Crippen molar-refractivity contribution in [3.63, 3.8) is 0 Å². The molecule has 0 saturated heterocycles. The van der Waals surface area contributed by atoms with E-state index in [1.54, 1.807) is 10.9 Å². The molecule has 0 aliphatic heterocycles. The molecule has 1 heterocycles. The number of rotatable bonds is 7. The Kier molecular flexibility index (Phi) is 5.69. The molecular formula is C20H20N4O2S. The summed E-state index contributed by atoms with van der Waals surface area (Å²) < 4.78 is 29.0. The first-order chi connectivity index (χ1) is 13.0. The SMILES string of the molecule is CN(CCC#N)S(=O)(=O)c1cn(Cc2ccccc2)nc1-c1ccccc1. The third-order valence-corrected chi connectivity index (χ3v) is 6.05. The Morgan fingerprint density at radius 3 is 2.33 bits per heavy atom. The van der Waals surface area contributed by atoms with Crippen molar-refractivity contribution in [1.82, 2.24) is 14.1 Å². The van der Waals surface area contributed by atoms with Crippen molar-refractivity contribution in [2.45, 2.75) is 17.9 Å². The van der Waals surface area contributed by atoms with Crippen molar-refractivity contribution in [3.05, 3.63) is 72.4 Å². The van der Waals surface area contributed by atoms with Crippen LogP contribution in [0.5, 0.6) is 0 Å². The molecule has 0 fully saturated rings. The highest BCUT2D eigenvalue weighted by Crippen LogP contribution is 2.28. The summed E-state index contributed by atoms with van der Waals surface area (Å²) in [6, 6.07) is 21.0. The van der Waals surface area contributed by atoms with Crippen LogP contribution in [0.1, 0.15) is 12.0 Å². The highest BCUT2D eigenvalue weighted by Gasteiger charge is 2.27. The van der Waals surface area contributed by atoms with Gasteiger partial charge in [0.2, 0.25) is 10.0 Å². The molecule has 7 heteroatoms. The largest absolute Gasteiger partial charge is 0.266 e. The van der Waals surface area contributed by atoms with Crippen molar-refractivity contribution in [2.75, 3.05) is 13.6 Å². The average Bonchev–Trinajstić information content (AvgIpc) is 3.12. The lowest BCUT2D eigenvalue weighted by Crippen LogP contribution is -2.28. The molecule has 138 valence electrons.